The van der Waals surface area contributed by atoms with Crippen molar-refractivity contribution in [2.75, 3.05) is 12.0 Å². The van der Waals surface area contributed by atoms with Crippen molar-refractivity contribution in [3.05, 3.63) is 119 Å². The molecule has 3 atom stereocenters. The molecule has 218 valence electrons. The number of anilines is 1. The van der Waals surface area contributed by atoms with Crippen molar-refractivity contribution in [1.29, 1.82) is 0 Å². The van der Waals surface area contributed by atoms with E-state index in [1.165, 1.54) is 30.1 Å². The summed E-state index contributed by atoms with van der Waals surface area (Å²) in [6.45, 7) is 3.92. The van der Waals surface area contributed by atoms with Crippen molar-refractivity contribution in [3.8, 4) is 11.5 Å². The highest BCUT2D eigenvalue weighted by atomic mass is 16.5. The van der Waals surface area contributed by atoms with E-state index >= 15 is 0 Å². The minimum atomic E-state index is -1.45. The Bertz CT molecular complexity index is 1720. The summed E-state index contributed by atoms with van der Waals surface area (Å²) < 4.78 is 11.8. The lowest BCUT2D eigenvalue weighted by Gasteiger charge is -2.24. The van der Waals surface area contributed by atoms with Gasteiger partial charge in [0.1, 0.15) is 0 Å². The molecule has 2 aliphatic rings. The minimum absolute atomic E-state index is 0.104. The summed E-state index contributed by atoms with van der Waals surface area (Å²) in [5.74, 6) is -0.500. The van der Waals surface area contributed by atoms with Gasteiger partial charge in [-0.25, -0.2) is 4.90 Å². The monoisotopic (exact) mass is 577 g/mol. The highest BCUT2D eigenvalue weighted by Crippen LogP contribution is 2.42. The van der Waals surface area contributed by atoms with Gasteiger partial charge in [0.15, 0.2) is 17.7 Å². The van der Waals surface area contributed by atoms with Crippen molar-refractivity contribution in [2.45, 2.75) is 45.1 Å². The molecule has 1 aromatic heterocycles. The molecule has 0 saturated heterocycles. The topological polar surface area (TPSA) is 109 Å². The molecule has 6 rings (SSSR count). The van der Waals surface area contributed by atoms with E-state index in [1.54, 1.807) is 42.3 Å². The van der Waals surface area contributed by atoms with Crippen LogP contribution in [0.3, 0.4) is 0 Å². The van der Waals surface area contributed by atoms with Gasteiger partial charge < -0.3 is 19.5 Å². The van der Waals surface area contributed by atoms with E-state index < -0.39 is 18.0 Å². The second-order valence-electron chi connectivity index (χ2n) is 10.8. The maximum absolute atomic E-state index is 13.8. The van der Waals surface area contributed by atoms with Crippen LogP contribution in [-0.4, -0.2) is 45.9 Å². The molecule has 3 aromatic carbocycles. The number of hydrogen-bond donors (Lipinski definition) is 1. The number of benzene rings is 3. The fourth-order valence-electron chi connectivity index (χ4n) is 5.75. The molecule has 0 aliphatic carbocycles. The molecule has 0 bridgehead atoms. The van der Waals surface area contributed by atoms with Crippen molar-refractivity contribution >= 4 is 23.4 Å². The number of amides is 3. The smallest absolute Gasteiger partial charge is 0.263 e. The molecule has 43 heavy (non-hydrogen) atoms. The van der Waals surface area contributed by atoms with E-state index in [2.05, 4.69) is 17.1 Å². The first-order chi connectivity index (χ1) is 20.8. The lowest BCUT2D eigenvalue weighted by molar-refractivity contribution is 0.0175. The third-order valence-corrected chi connectivity index (χ3v) is 8.07. The summed E-state index contributed by atoms with van der Waals surface area (Å²) in [6, 6.07) is 21.5. The van der Waals surface area contributed by atoms with Crippen molar-refractivity contribution in [3.63, 3.8) is 0 Å². The lowest BCUT2D eigenvalue weighted by Crippen LogP contribution is -2.34. The summed E-state index contributed by atoms with van der Waals surface area (Å²) in [6.07, 6.45) is 2.92. The number of aromatic nitrogens is 1. The standard InChI is InChI=1S/C34H31N3O6/c1-20(9-10-22-7-5-4-6-8-22)43-30-18-24(12-14-29(30)42-3)36-21(2)25-13-11-23(17-27(25)33(36)40)31(38)37-32(39)26-15-16-35-19-28(26)34(37)41/h4-8,11-21,34,41H,9-10H2,1-3H3. The molecule has 0 fully saturated rings. The first kappa shape index (κ1) is 28.1. The van der Waals surface area contributed by atoms with Gasteiger partial charge in [-0.3, -0.25) is 19.4 Å². The van der Waals surface area contributed by atoms with Crippen LogP contribution in [0.5, 0.6) is 11.5 Å². The number of carbonyl (C=O) groups excluding carboxylic acids is 3. The first-order valence-corrected chi connectivity index (χ1v) is 14.1. The number of aliphatic hydroxyl groups excluding tert-OH is 1. The van der Waals surface area contributed by atoms with Crippen LogP contribution in [0.4, 0.5) is 5.69 Å². The number of hydrogen-bond acceptors (Lipinski definition) is 7. The summed E-state index contributed by atoms with van der Waals surface area (Å²) in [4.78, 5) is 46.5. The number of imide groups is 1. The van der Waals surface area contributed by atoms with Crippen LogP contribution in [0.1, 0.15) is 80.3 Å². The van der Waals surface area contributed by atoms with Gasteiger partial charge in [-0.15, -0.1) is 0 Å². The van der Waals surface area contributed by atoms with Gasteiger partial charge in [0.25, 0.3) is 17.7 Å². The minimum Gasteiger partial charge on any atom is -0.493 e. The Labute approximate surface area is 249 Å². The van der Waals surface area contributed by atoms with E-state index in [0.29, 0.717) is 22.7 Å². The Morgan fingerprint density at radius 1 is 0.953 bits per heavy atom. The van der Waals surface area contributed by atoms with Crippen LogP contribution in [-0.2, 0) is 6.42 Å². The Kier molecular flexibility index (Phi) is 7.41. The molecule has 3 amide bonds. The molecular formula is C34H31N3O6. The van der Waals surface area contributed by atoms with Crippen LogP contribution in [0, 0.1) is 0 Å². The van der Waals surface area contributed by atoms with Crippen LogP contribution < -0.4 is 14.4 Å². The lowest BCUT2D eigenvalue weighted by atomic mass is 10.0. The summed E-state index contributed by atoms with van der Waals surface area (Å²) in [5.41, 5.74) is 3.58. The molecule has 3 heterocycles. The second-order valence-corrected chi connectivity index (χ2v) is 10.8. The molecule has 2 aliphatic heterocycles. The predicted octanol–water partition coefficient (Wildman–Crippen LogP) is 5.50. The number of nitrogens with zero attached hydrogens (tertiary/aromatic N) is 3. The van der Waals surface area contributed by atoms with Gasteiger partial charge in [0.05, 0.1) is 24.8 Å². The number of aryl methyl sites for hydroxylation is 1. The Hall–Kier alpha value is -5.02. The van der Waals surface area contributed by atoms with E-state index in [1.807, 2.05) is 32.0 Å². The molecule has 0 saturated carbocycles. The predicted molar refractivity (Wildman–Crippen MR) is 159 cm³/mol. The number of fused-ring (bicyclic) bond motifs is 2. The van der Waals surface area contributed by atoms with Gasteiger partial charge in [0.2, 0.25) is 0 Å². The average Bonchev–Trinajstić information content (AvgIpc) is 3.43. The number of carbonyl (C=O) groups is 3. The largest absolute Gasteiger partial charge is 0.493 e. The summed E-state index contributed by atoms with van der Waals surface area (Å²) in [5, 5.41) is 10.7. The molecule has 3 unspecified atom stereocenters. The van der Waals surface area contributed by atoms with Gasteiger partial charge in [-0.05, 0) is 68.1 Å². The van der Waals surface area contributed by atoms with Crippen LogP contribution >= 0.6 is 0 Å². The fraction of sp³-hybridized carbons (Fsp3) is 0.235. The Morgan fingerprint density at radius 2 is 1.74 bits per heavy atom. The SMILES string of the molecule is COc1ccc(N2C(=O)c3cc(C(=O)N4C(=O)c5ccncc5C4O)ccc3C2C)cc1OC(C)CCc1ccccc1. The van der Waals surface area contributed by atoms with Gasteiger partial charge >= 0.3 is 0 Å². The number of aliphatic hydroxyl groups is 1. The highest BCUT2D eigenvalue weighted by molar-refractivity contribution is 6.15. The quantitative estimate of drug-likeness (QED) is 0.276. The van der Waals surface area contributed by atoms with Crippen molar-refractivity contribution in [2.24, 2.45) is 0 Å². The van der Waals surface area contributed by atoms with Crippen LogP contribution in [0.15, 0.2) is 85.2 Å². The van der Waals surface area contributed by atoms with Gasteiger partial charge in [-0.2, -0.15) is 0 Å². The number of pyridine rings is 1. The first-order valence-electron chi connectivity index (χ1n) is 14.1. The third kappa shape index (κ3) is 5.02. The summed E-state index contributed by atoms with van der Waals surface area (Å²) in [7, 11) is 1.57. The van der Waals surface area contributed by atoms with Crippen molar-refractivity contribution < 1.29 is 29.0 Å². The highest BCUT2D eigenvalue weighted by Gasteiger charge is 2.41. The normalized spacial score (nSPS) is 18.0. The molecular weight excluding hydrogens is 546 g/mol. The second kappa shape index (κ2) is 11.3. The third-order valence-electron chi connectivity index (χ3n) is 8.07. The average molecular weight is 578 g/mol. The van der Waals surface area contributed by atoms with Crippen LogP contribution in [0.2, 0.25) is 0 Å². The van der Waals surface area contributed by atoms with E-state index in [-0.39, 0.29) is 34.7 Å². The zero-order valence-electron chi connectivity index (χ0n) is 24.1. The molecule has 0 radical (unpaired) electrons. The molecule has 4 aromatic rings. The maximum Gasteiger partial charge on any atom is 0.263 e. The van der Waals surface area contributed by atoms with Gasteiger partial charge in [-0.1, -0.05) is 36.4 Å². The molecule has 9 heteroatoms. The Morgan fingerprint density at radius 3 is 2.49 bits per heavy atom. The van der Waals surface area contributed by atoms with Crippen LogP contribution in [0.25, 0.3) is 0 Å². The Balaban J connectivity index is 1.22. The van der Waals surface area contributed by atoms with E-state index in [0.717, 1.165) is 23.3 Å². The zero-order chi connectivity index (χ0) is 30.2. The molecule has 1 N–H and O–H groups in total. The zero-order valence-corrected chi connectivity index (χ0v) is 24.1. The maximum atomic E-state index is 13.8. The van der Waals surface area contributed by atoms with E-state index in [9.17, 15) is 19.5 Å². The van der Waals surface area contributed by atoms with Crippen molar-refractivity contribution in [1.82, 2.24) is 9.88 Å². The number of methoxy groups -OCH3 is 1. The molecule has 0 spiro atoms. The molecule has 9 nitrogen and oxygen atoms in total. The van der Waals surface area contributed by atoms with E-state index in [4.69, 9.17) is 9.47 Å². The number of ether oxygens (including phenoxy) is 2. The van der Waals surface area contributed by atoms with Gasteiger partial charge in [0, 0.05) is 40.8 Å². The summed E-state index contributed by atoms with van der Waals surface area (Å²) >= 11 is 0. The number of rotatable bonds is 8. The fourth-order valence-corrected chi connectivity index (χ4v) is 5.75.